The minimum atomic E-state index is -2.15. The number of benzene rings is 2. The van der Waals surface area contributed by atoms with Crippen molar-refractivity contribution in [2.24, 2.45) is 0 Å². The van der Waals surface area contributed by atoms with E-state index < -0.39 is 25.4 Å². The zero-order valence-corrected chi connectivity index (χ0v) is 30.8. The highest BCUT2D eigenvalue weighted by molar-refractivity contribution is 6.74. The number of halogens is 1. The van der Waals surface area contributed by atoms with E-state index in [-0.39, 0.29) is 5.04 Å². The number of rotatable bonds is 10. The lowest BCUT2D eigenvalue weighted by molar-refractivity contribution is 0.0575. The van der Waals surface area contributed by atoms with Gasteiger partial charge < -0.3 is 24.0 Å². The van der Waals surface area contributed by atoms with Gasteiger partial charge in [-0.3, -0.25) is 4.90 Å². The maximum Gasteiger partial charge on any atom is 0.414 e. The van der Waals surface area contributed by atoms with Crippen LogP contribution in [0, 0.1) is 11.3 Å². The molecule has 0 fully saturated rings. The number of methoxy groups -OCH3 is 1. The van der Waals surface area contributed by atoms with Gasteiger partial charge in [0.05, 0.1) is 29.2 Å². The lowest BCUT2D eigenvalue weighted by atomic mass is 9.83. The molecule has 0 spiro atoms. The molecule has 1 aromatic heterocycles. The van der Waals surface area contributed by atoms with E-state index in [0.717, 1.165) is 5.56 Å². The second-order valence-electron chi connectivity index (χ2n) is 14.6. The molecule has 252 valence electrons. The highest BCUT2D eigenvalue weighted by atomic mass is 35.5. The van der Waals surface area contributed by atoms with Crippen LogP contribution in [0.2, 0.25) is 23.2 Å². The van der Waals surface area contributed by atoms with E-state index in [4.69, 9.17) is 35.2 Å². The predicted molar refractivity (Wildman–Crippen MR) is 188 cm³/mol. The fraction of sp³-hybridized carbons (Fsp3) is 0.486. The Hall–Kier alpha value is -3.69. The molecule has 2 aromatic carbocycles. The smallest absolute Gasteiger partial charge is 0.414 e. The van der Waals surface area contributed by atoms with Gasteiger partial charge in [0, 0.05) is 42.5 Å². The summed E-state index contributed by atoms with van der Waals surface area (Å²) in [7, 11) is -0.536. The number of nitrogens with zero attached hydrogens (tertiary/aromatic N) is 4. The van der Waals surface area contributed by atoms with Crippen LogP contribution in [0.4, 0.5) is 22.1 Å². The van der Waals surface area contributed by atoms with Gasteiger partial charge in [-0.1, -0.05) is 39.3 Å². The summed E-state index contributed by atoms with van der Waals surface area (Å²) >= 11 is 6.30. The molecule has 47 heavy (non-hydrogen) atoms. The van der Waals surface area contributed by atoms with Crippen molar-refractivity contribution in [1.29, 1.82) is 5.26 Å². The van der Waals surface area contributed by atoms with Gasteiger partial charge in [0.2, 0.25) is 5.95 Å². The summed E-state index contributed by atoms with van der Waals surface area (Å²) in [5.41, 5.74) is 2.28. The minimum Gasteiger partial charge on any atom is -0.489 e. The standard InChI is InChI=1S/C35H46ClN5O5Si/c1-33(2,3)46-32(42)41-21-35(7,22-45-47(9,10)34(4,5)6)26-18-23(17-24(20-37)30(26)41)27-13-14-38-31(39-27)40-28-19-25(36)11-12-29(28)44-16-15-43-8/h11-14,17-19H,15-16,21-22H2,1-10H3,(H,38,39,40). The van der Waals surface area contributed by atoms with Gasteiger partial charge in [-0.2, -0.15) is 5.26 Å². The van der Waals surface area contributed by atoms with E-state index in [1.165, 1.54) is 0 Å². The number of carbonyl (C=O) groups is 1. The van der Waals surface area contributed by atoms with Crippen molar-refractivity contribution in [3.05, 3.63) is 58.7 Å². The Balaban J connectivity index is 1.77. The number of ether oxygens (including phenoxy) is 3. The summed E-state index contributed by atoms with van der Waals surface area (Å²) in [5, 5.41) is 14.1. The van der Waals surface area contributed by atoms with E-state index in [2.05, 4.69) is 57.2 Å². The number of fused-ring (bicyclic) bond motifs is 1. The molecule has 3 aromatic rings. The van der Waals surface area contributed by atoms with Crippen LogP contribution in [0.1, 0.15) is 59.6 Å². The predicted octanol–water partition coefficient (Wildman–Crippen LogP) is 8.47. The Kier molecular flexibility index (Phi) is 10.6. The van der Waals surface area contributed by atoms with Crippen molar-refractivity contribution in [1.82, 2.24) is 9.97 Å². The Bertz CT molecular complexity index is 1660. The van der Waals surface area contributed by atoms with Gasteiger partial charge in [-0.25, -0.2) is 14.8 Å². The van der Waals surface area contributed by atoms with Crippen LogP contribution in [0.25, 0.3) is 11.3 Å². The molecule has 1 amide bonds. The molecule has 4 rings (SSSR count). The maximum absolute atomic E-state index is 13.6. The SMILES string of the molecule is COCCOc1ccc(Cl)cc1Nc1nccc(-c2cc(C#N)c3c(c2)C(C)(CO[Si](C)(C)C(C)(C)C)CN3C(=O)OC(C)(C)C)n1. The molecule has 1 atom stereocenters. The molecular weight excluding hydrogens is 634 g/mol. The van der Waals surface area contributed by atoms with E-state index in [1.807, 2.05) is 26.8 Å². The number of hydrogen-bond donors (Lipinski definition) is 1. The summed E-state index contributed by atoms with van der Waals surface area (Å²) in [6.45, 7) is 20.0. The normalized spacial score (nSPS) is 16.4. The zero-order chi connectivity index (χ0) is 34.8. The molecule has 0 radical (unpaired) electrons. The van der Waals surface area contributed by atoms with Crippen LogP contribution in [-0.4, -0.2) is 63.5 Å². The number of anilines is 3. The monoisotopic (exact) mass is 679 g/mol. The van der Waals surface area contributed by atoms with Gasteiger partial charge >= 0.3 is 6.09 Å². The van der Waals surface area contributed by atoms with Crippen LogP contribution >= 0.6 is 11.6 Å². The molecule has 0 saturated carbocycles. The number of aromatic nitrogens is 2. The maximum atomic E-state index is 13.6. The fourth-order valence-corrected chi connectivity index (χ4v) is 6.23. The summed E-state index contributed by atoms with van der Waals surface area (Å²) in [6, 6.07) is 13.1. The van der Waals surface area contributed by atoms with E-state index in [0.29, 0.717) is 71.3 Å². The van der Waals surface area contributed by atoms with Crippen molar-refractivity contribution in [2.75, 3.05) is 43.7 Å². The molecule has 10 nitrogen and oxygen atoms in total. The lowest BCUT2D eigenvalue weighted by Gasteiger charge is -2.39. The Morgan fingerprint density at radius 3 is 2.49 bits per heavy atom. The largest absolute Gasteiger partial charge is 0.489 e. The highest BCUT2D eigenvalue weighted by Gasteiger charge is 2.47. The summed E-state index contributed by atoms with van der Waals surface area (Å²) < 4.78 is 23.5. The highest BCUT2D eigenvalue weighted by Crippen LogP contribution is 2.47. The van der Waals surface area contributed by atoms with Gasteiger partial charge in [-0.05, 0) is 80.9 Å². The van der Waals surface area contributed by atoms with Crippen LogP contribution in [0.5, 0.6) is 5.75 Å². The van der Waals surface area contributed by atoms with Crippen molar-refractivity contribution in [3.8, 4) is 23.1 Å². The molecule has 1 aliphatic rings. The summed E-state index contributed by atoms with van der Waals surface area (Å²) in [6.07, 6.45) is 1.14. The van der Waals surface area contributed by atoms with Crippen molar-refractivity contribution in [3.63, 3.8) is 0 Å². The molecule has 1 aliphatic heterocycles. The van der Waals surface area contributed by atoms with Crippen LogP contribution in [0.3, 0.4) is 0 Å². The molecule has 2 heterocycles. The van der Waals surface area contributed by atoms with Crippen LogP contribution in [-0.2, 0) is 19.3 Å². The van der Waals surface area contributed by atoms with Gasteiger partial charge in [0.15, 0.2) is 8.32 Å². The Morgan fingerprint density at radius 2 is 1.85 bits per heavy atom. The van der Waals surface area contributed by atoms with E-state index in [1.54, 1.807) is 48.5 Å². The first kappa shape index (κ1) is 36.1. The average Bonchev–Trinajstić information content (AvgIpc) is 3.28. The van der Waals surface area contributed by atoms with Gasteiger partial charge in [0.25, 0.3) is 0 Å². The average molecular weight is 680 g/mol. The fourth-order valence-electron chi connectivity index (χ4n) is 4.94. The topological polar surface area (TPSA) is 119 Å². The third kappa shape index (κ3) is 8.43. The number of nitriles is 1. The second-order valence-corrected chi connectivity index (χ2v) is 19.8. The zero-order valence-electron chi connectivity index (χ0n) is 29.1. The number of carbonyl (C=O) groups excluding carboxylic acids is 1. The molecule has 0 saturated heterocycles. The Labute approximate surface area is 284 Å². The van der Waals surface area contributed by atoms with Crippen molar-refractivity contribution < 1.29 is 23.4 Å². The van der Waals surface area contributed by atoms with Gasteiger partial charge in [-0.15, -0.1) is 0 Å². The Morgan fingerprint density at radius 1 is 1.13 bits per heavy atom. The first-order chi connectivity index (χ1) is 21.9. The first-order valence-corrected chi connectivity index (χ1v) is 18.9. The van der Waals surface area contributed by atoms with Crippen molar-refractivity contribution >= 4 is 43.3 Å². The van der Waals surface area contributed by atoms with Crippen LogP contribution < -0.4 is 15.0 Å². The molecule has 12 heteroatoms. The quantitative estimate of drug-likeness (QED) is 0.166. The molecule has 1 N–H and O–H groups in total. The summed E-state index contributed by atoms with van der Waals surface area (Å²) in [4.78, 5) is 24.3. The third-order valence-electron chi connectivity index (χ3n) is 8.51. The van der Waals surface area contributed by atoms with E-state index in [9.17, 15) is 10.1 Å². The first-order valence-electron chi connectivity index (χ1n) is 15.6. The number of nitrogens with one attached hydrogen (secondary N) is 1. The van der Waals surface area contributed by atoms with E-state index >= 15 is 0 Å². The summed E-state index contributed by atoms with van der Waals surface area (Å²) in [5.74, 6) is 0.893. The number of hydrogen-bond acceptors (Lipinski definition) is 9. The third-order valence-corrected chi connectivity index (χ3v) is 13.2. The number of amides is 1. The molecule has 1 unspecified atom stereocenters. The van der Waals surface area contributed by atoms with Crippen molar-refractivity contribution in [2.45, 2.75) is 77.6 Å². The van der Waals surface area contributed by atoms with Crippen LogP contribution in [0.15, 0.2) is 42.6 Å². The molecular formula is C35H46ClN5O5Si. The molecule has 0 aliphatic carbocycles. The molecule has 0 bridgehead atoms. The van der Waals surface area contributed by atoms with Gasteiger partial charge in [0.1, 0.15) is 24.0 Å². The minimum absolute atomic E-state index is 0.00265. The second kappa shape index (κ2) is 13.8. The lowest BCUT2D eigenvalue weighted by Crippen LogP contribution is -2.46.